The SMILES string of the molecule is Cc1ccc(S(=O)(=O)N[C@@H](CCCN=C(N)N)C(=O)Nc2ccc([N+](=O)[O-])cc2)cc1. The lowest BCUT2D eigenvalue weighted by molar-refractivity contribution is -0.384. The van der Waals surface area contributed by atoms with Gasteiger partial charge in [-0.2, -0.15) is 4.72 Å². The van der Waals surface area contributed by atoms with Crippen molar-refractivity contribution in [1.82, 2.24) is 4.72 Å². The number of benzene rings is 2. The van der Waals surface area contributed by atoms with Crippen molar-refractivity contribution in [3.8, 4) is 0 Å². The van der Waals surface area contributed by atoms with Crippen LogP contribution in [0.2, 0.25) is 0 Å². The molecule has 0 aliphatic carbocycles. The second kappa shape index (κ2) is 10.5. The van der Waals surface area contributed by atoms with Crippen molar-refractivity contribution in [1.29, 1.82) is 0 Å². The first-order valence-corrected chi connectivity index (χ1v) is 10.8. The lowest BCUT2D eigenvalue weighted by Gasteiger charge is -2.18. The van der Waals surface area contributed by atoms with E-state index in [1.54, 1.807) is 12.1 Å². The monoisotopic (exact) mass is 448 g/mol. The molecule has 0 saturated heterocycles. The minimum atomic E-state index is -3.97. The van der Waals surface area contributed by atoms with E-state index in [0.29, 0.717) is 12.1 Å². The Balaban J connectivity index is 2.17. The van der Waals surface area contributed by atoms with Crippen LogP contribution in [0.5, 0.6) is 0 Å². The summed E-state index contributed by atoms with van der Waals surface area (Å²) in [4.78, 5) is 26.8. The van der Waals surface area contributed by atoms with Gasteiger partial charge in [-0.3, -0.25) is 19.9 Å². The second-order valence-corrected chi connectivity index (χ2v) is 8.44. The van der Waals surface area contributed by atoms with Gasteiger partial charge in [0.2, 0.25) is 15.9 Å². The molecule has 12 heteroatoms. The number of aryl methyl sites for hydroxylation is 1. The highest BCUT2D eigenvalue weighted by atomic mass is 32.2. The van der Waals surface area contributed by atoms with Crippen molar-refractivity contribution in [2.24, 2.45) is 16.5 Å². The Hall–Kier alpha value is -3.51. The van der Waals surface area contributed by atoms with Crippen LogP contribution in [-0.2, 0) is 14.8 Å². The molecule has 1 amide bonds. The van der Waals surface area contributed by atoms with Gasteiger partial charge in [-0.1, -0.05) is 17.7 Å². The van der Waals surface area contributed by atoms with E-state index in [1.165, 1.54) is 36.4 Å². The average molecular weight is 449 g/mol. The maximum Gasteiger partial charge on any atom is 0.269 e. The molecule has 1 atom stereocenters. The van der Waals surface area contributed by atoms with Crippen LogP contribution in [0, 0.1) is 17.0 Å². The number of nitro benzene ring substituents is 1. The molecule has 11 nitrogen and oxygen atoms in total. The summed E-state index contributed by atoms with van der Waals surface area (Å²) < 4.78 is 27.9. The molecule has 2 rings (SSSR count). The number of carbonyl (C=O) groups excluding carboxylic acids is 1. The minimum absolute atomic E-state index is 0.0236. The summed E-state index contributed by atoms with van der Waals surface area (Å²) in [5, 5.41) is 13.3. The van der Waals surface area contributed by atoms with Crippen molar-refractivity contribution in [2.45, 2.75) is 30.7 Å². The molecular formula is C19H24N6O5S. The predicted octanol–water partition coefficient (Wildman–Crippen LogP) is 1.24. The van der Waals surface area contributed by atoms with Crippen molar-refractivity contribution in [3.63, 3.8) is 0 Å². The molecule has 0 radical (unpaired) electrons. The van der Waals surface area contributed by atoms with E-state index in [1.807, 2.05) is 6.92 Å². The Morgan fingerprint density at radius 2 is 1.74 bits per heavy atom. The third kappa shape index (κ3) is 7.35. The van der Waals surface area contributed by atoms with Crippen LogP contribution >= 0.6 is 0 Å². The van der Waals surface area contributed by atoms with E-state index in [9.17, 15) is 23.3 Å². The molecule has 0 bridgehead atoms. The summed E-state index contributed by atoms with van der Waals surface area (Å²) in [6, 6.07) is 10.3. The van der Waals surface area contributed by atoms with Crippen molar-refractivity contribution in [2.75, 3.05) is 11.9 Å². The van der Waals surface area contributed by atoms with Crippen LogP contribution < -0.4 is 21.5 Å². The maximum absolute atomic E-state index is 12.8. The fourth-order valence-electron chi connectivity index (χ4n) is 2.62. The maximum atomic E-state index is 12.8. The highest BCUT2D eigenvalue weighted by molar-refractivity contribution is 7.89. The number of sulfonamides is 1. The Morgan fingerprint density at radius 1 is 1.13 bits per heavy atom. The molecular weight excluding hydrogens is 424 g/mol. The number of amides is 1. The fourth-order valence-corrected chi connectivity index (χ4v) is 3.85. The van der Waals surface area contributed by atoms with E-state index in [0.717, 1.165) is 5.56 Å². The lowest BCUT2D eigenvalue weighted by atomic mass is 10.1. The van der Waals surface area contributed by atoms with E-state index in [-0.39, 0.29) is 29.5 Å². The number of nitrogens with one attached hydrogen (secondary N) is 2. The van der Waals surface area contributed by atoms with Crippen LogP contribution in [0.1, 0.15) is 18.4 Å². The lowest BCUT2D eigenvalue weighted by Crippen LogP contribution is -2.43. The molecule has 0 heterocycles. The molecule has 6 N–H and O–H groups in total. The standard InChI is InChI=1S/C19H24N6O5S/c1-13-4-10-16(11-5-13)31(29,30)24-17(3-2-12-22-19(20)21)18(26)23-14-6-8-15(9-7-14)25(27)28/h4-11,17,24H,2-3,12H2,1H3,(H,23,26)(H4,20,21,22)/t17-/m0/s1. The molecule has 0 saturated carbocycles. The molecule has 0 unspecified atom stereocenters. The number of nitrogens with zero attached hydrogens (tertiary/aromatic N) is 2. The summed E-state index contributed by atoms with van der Waals surface area (Å²) in [7, 11) is -3.97. The molecule has 0 aromatic heterocycles. The van der Waals surface area contributed by atoms with E-state index in [4.69, 9.17) is 11.5 Å². The second-order valence-electron chi connectivity index (χ2n) is 6.73. The number of rotatable bonds is 10. The molecule has 0 fully saturated rings. The number of non-ortho nitro benzene ring substituents is 1. The van der Waals surface area contributed by atoms with E-state index in [2.05, 4.69) is 15.0 Å². The Bertz CT molecular complexity index is 1050. The number of carbonyl (C=O) groups is 1. The van der Waals surface area contributed by atoms with Gasteiger partial charge in [-0.05, 0) is 44.0 Å². The molecule has 166 valence electrons. The highest BCUT2D eigenvalue weighted by Gasteiger charge is 2.25. The first kappa shape index (κ1) is 23.8. The smallest absolute Gasteiger partial charge is 0.269 e. The first-order valence-electron chi connectivity index (χ1n) is 9.28. The van der Waals surface area contributed by atoms with Crippen LogP contribution in [0.4, 0.5) is 11.4 Å². The largest absolute Gasteiger partial charge is 0.370 e. The van der Waals surface area contributed by atoms with Gasteiger partial charge < -0.3 is 16.8 Å². The Labute approximate surface area is 179 Å². The summed E-state index contributed by atoms with van der Waals surface area (Å²) in [5.41, 5.74) is 11.6. The molecule has 2 aromatic carbocycles. The highest BCUT2D eigenvalue weighted by Crippen LogP contribution is 2.17. The van der Waals surface area contributed by atoms with Gasteiger partial charge in [0.25, 0.3) is 5.69 Å². The quantitative estimate of drug-likeness (QED) is 0.138. The minimum Gasteiger partial charge on any atom is -0.370 e. The van der Waals surface area contributed by atoms with E-state index >= 15 is 0 Å². The molecule has 2 aromatic rings. The van der Waals surface area contributed by atoms with Gasteiger partial charge in [0.1, 0.15) is 6.04 Å². The van der Waals surface area contributed by atoms with E-state index < -0.39 is 26.9 Å². The first-order chi connectivity index (χ1) is 14.6. The zero-order valence-corrected chi connectivity index (χ0v) is 17.6. The molecule has 0 aliphatic heterocycles. The normalized spacial score (nSPS) is 12.0. The van der Waals surface area contributed by atoms with Crippen LogP contribution in [0.25, 0.3) is 0 Å². The molecule has 0 aliphatic rings. The number of hydrogen-bond acceptors (Lipinski definition) is 6. The van der Waals surface area contributed by atoms with Gasteiger partial charge >= 0.3 is 0 Å². The number of guanidine groups is 1. The van der Waals surface area contributed by atoms with Gasteiger partial charge in [-0.15, -0.1) is 0 Å². The zero-order chi connectivity index (χ0) is 23.0. The van der Waals surface area contributed by atoms with Crippen molar-refractivity contribution < 1.29 is 18.1 Å². The Kier molecular flexibility index (Phi) is 8.05. The number of aliphatic imine (C=N–C) groups is 1. The number of anilines is 1. The van der Waals surface area contributed by atoms with Gasteiger partial charge in [0.15, 0.2) is 5.96 Å². The summed E-state index contributed by atoms with van der Waals surface area (Å²) in [6.45, 7) is 2.05. The van der Waals surface area contributed by atoms with Crippen LogP contribution in [0.3, 0.4) is 0 Å². The predicted molar refractivity (Wildman–Crippen MR) is 117 cm³/mol. The summed E-state index contributed by atoms with van der Waals surface area (Å²) in [6.07, 6.45) is 0.466. The Morgan fingerprint density at radius 3 is 2.29 bits per heavy atom. The van der Waals surface area contributed by atoms with Crippen molar-refractivity contribution >= 4 is 33.3 Å². The average Bonchev–Trinajstić information content (AvgIpc) is 2.70. The topological polar surface area (TPSA) is 183 Å². The number of nitro groups is 1. The number of hydrogen-bond donors (Lipinski definition) is 4. The van der Waals surface area contributed by atoms with Gasteiger partial charge in [-0.25, -0.2) is 8.42 Å². The summed E-state index contributed by atoms with van der Waals surface area (Å²) in [5.74, 6) is -0.721. The van der Waals surface area contributed by atoms with Gasteiger partial charge in [0, 0.05) is 24.4 Å². The third-order valence-corrected chi connectivity index (χ3v) is 5.72. The van der Waals surface area contributed by atoms with Crippen LogP contribution in [0.15, 0.2) is 58.4 Å². The zero-order valence-electron chi connectivity index (χ0n) is 16.8. The molecule has 0 spiro atoms. The van der Waals surface area contributed by atoms with Gasteiger partial charge in [0.05, 0.1) is 9.82 Å². The molecule has 31 heavy (non-hydrogen) atoms. The van der Waals surface area contributed by atoms with Crippen molar-refractivity contribution in [3.05, 3.63) is 64.2 Å². The third-order valence-electron chi connectivity index (χ3n) is 4.24. The number of nitrogens with two attached hydrogens (primary N) is 2. The fraction of sp³-hybridized carbons (Fsp3) is 0.263. The van der Waals surface area contributed by atoms with Crippen LogP contribution in [-0.4, -0.2) is 37.8 Å². The summed E-state index contributed by atoms with van der Waals surface area (Å²) >= 11 is 0.